The number of hydrogen-bond donors (Lipinski definition) is 7. The number of carbonyl (C=O) groups excluding carboxylic acids is 3. The lowest BCUT2D eigenvalue weighted by Gasteiger charge is -2.24. The zero-order valence-corrected chi connectivity index (χ0v) is 18.9. The first-order valence-electron chi connectivity index (χ1n) is 10.7. The second-order valence-electron chi connectivity index (χ2n) is 8.14. The monoisotopic (exact) mass is 459 g/mol. The fourth-order valence-corrected chi connectivity index (χ4v) is 2.86. The van der Waals surface area contributed by atoms with Gasteiger partial charge in [-0.3, -0.25) is 19.2 Å². The van der Waals surface area contributed by atoms with Crippen molar-refractivity contribution in [1.82, 2.24) is 16.0 Å². The van der Waals surface area contributed by atoms with Crippen LogP contribution in [0.4, 0.5) is 0 Å². The van der Waals surface area contributed by atoms with E-state index in [2.05, 4.69) is 16.0 Å². The predicted octanol–water partition coefficient (Wildman–Crippen LogP) is -1.09. The molecule has 9 N–H and O–H groups in total. The highest BCUT2D eigenvalue weighted by Gasteiger charge is 2.28. The van der Waals surface area contributed by atoms with Crippen LogP contribution in [-0.4, -0.2) is 70.6 Å². The number of nitrogens with one attached hydrogen (secondary N) is 3. The highest BCUT2D eigenvalue weighted by molar-refractivity contribution is 5.93. The van der Waals surface area contributed by atoms with Crippen LogP contribution in [0.3, 0.4) is 0 Å². The van der Waals surface area contributed by atoms with E-state index >= 15 is 0 Å². The van der Waals surface area contributed by atoms with Crippen molar-refractivity contribution in [2.75, 3.05) is 6.54 Å². The molecular weight excluding hydrogens is 422 g/mol. The molecule has 0 spiro atoms. The summed E-state index contributed by atoms with van der Waals surface area (Å²) in [6.07, 6.45) is 0.950. The van der Waals surface area contributed by atoms with E-state index in [1.807, 2.05) is 13.8 Å². The average Bonchev–Trinajstić information content (AvgIpc) is 2.68. The lowest BCUT2D eigenvalue weighted by Crippen LogP contribution is -2.56. The molecular formula is C20H37N5O7. The van der Waals surface area contributed by atoms with E-state index in [0.29, 0.717) is 25.8 Å². The first-order chi connectivity index (χ1) is 14.9. The Labute approximate surface area is 187 Å². The minimum atomic E-state index is -1.42. The third-order valence-electron chi connectivity index (χ3n) is 4.66. The molecule has 4 atom stereocenters. The van der Waals surface area contributed by atoms with Crippen LogP contribution in [-0.2, 0) is 24.0 Å². The van der Waals surface area contributed by atoms with E-state index in [0.717, 1.165) is 0 Å². The minimum absolute atomic E-state index is 0.188. The van der Waals surface area contributed by atoms with Crippen LogP contribution in [0.2, 0.25) is 0 Å². The fraction of sp³-hybridized carbons (Fsp3) is 0.750. The molecule has 0 aliphatic heterocycles. The summed E-state index contributed by atoms with van der Waals surface area (Å²) in [5.41, 5.74) is 11.3. The number of rotatable bonds is 16. The number of aliphatic carboxylic acids is 2. The zero-order chi connectivity index (χ0) is 24.8. The maximum absolute atomic E-state index is 12.6. The quantitative estimate of drug-likeness (QED) is 0.139. The van der Waals surface area contributed by atoms with Gasteiger partial charge in [0.25, 0.3) is 0 Å². The van der Waals surface area contributed by atoms with Gasteiger partial charge in [0.2, 0.25) is 17.7 Å². The zero-order valence-electron chi connectivity index (χ0n) is 18.9. The third kappa shape index (κ3) is 12.2. The summed E-state index contributed by atoms with van der Waals surface area (Å²) in [5.74, 6) is -4.28. The fourth-order valence-electron chi connectivity index (χ4n) is 2.86. The van der Waals surface area contributed by atoms with Crippen molar-refractivity contribution in [3.63, 3.8) is 0 Å². The van der Waals surface area contributed by atoms with Crippen LogP contribution >= 0.6 is 0 Å². The van der Waals surface area contributed by atoms with Crippen molar-refractivity contribution in [3.05, 3.63) is 0 Å². The molecule has 32 heavy (non-hydrogen) atoms. The Morgan fingerprint density at radius 2 is 1.41 bits per heavy atom. The van der Waals surface area contributed by atoms with Gasteiger partial charge < -0.3 is 37.6 Å². The molecule has 0 saturated carbocycles. The molecule has 0 bridgehead atoms. The summed E-state index contributed by atoms with van der Waals surface area (Å²) in [4.78, 5) is 59.4. The van der Waals surface area contributed by atoms with Crippen LogP contribution in [0.25, 0.3) is 0 Å². The molecule has 0 rings (SSSR count). The van der Waals surface area contributed by atoms with Crippen molar-refractivity contribution in [2.45, 2.75) is 83.5 Å². The van der Waals surface area contributed by atoms with Crippen LogP contribution in [0.1, 0.15) is 59.3 Å². The van der Waals surface area contributed by atoms with E-state index in [4.69, 9.17) is 16.6 Å². The van der Waals surface area contributed by atoms with Crippen LogP contribution < -0.4 is 27.4 Å². The summed E-state index contributed by atoms with van der Waals surface area (Å²) in [6, 6.07) is -4.25. The summed E-state index contributed by atoms with van der Waals surface area (Å²) < 4.78 is 0. The molecule has 0 aliphatic rings. The molecule has 0 aromatic rings. The maximum atomic E-state index is 12.6. The van der Waals surface area contributed by atoms with Gasteiger partial charge in [0, 0.05) is 6.42 Å². The number of amides is 3. The standard InChI is InChI=1S/C20H37N5O7/c1-11(2)10-13(22)18(29)23-12(3)17(28)24-14(6-4-5-9-21)19(30)25-15(20(31)32)7-8-16(26)27/h11-15H,4-10,21-22H2,1-3H3,(H,23,29)(H,24,28)(H,25,30)(H,26,27)(H,31,32). The normalized spacial score (nSPS) is 14.7. The molecule has 0 heterocycles. The minimum Gasteiger partial charge on any atom is -0.481 e. The number of carboxylic acids is 2. The van der Waals surface area contributed by atoms with Gasteiger partial charge in [-0.25, -0.2) is 4.79 Å². The Hall–Kier alpha value is -2.73. The molecule has 4 unspecified atom stereocenters. The van der Waals surface area contributed by atoms with Crippen molar-refractivity contribution >= 4 is 29.7 Å². The summed E-state index contributed by atoms with van der Waals surface area (Å²) in [5, 5.41) is 25.3. The first-order valence-corrected chi connectivity index (χ1v) is 10.7. The molecule has 0 saturated heterocycles. The van der Waals surface area contributed by atoms with Gasteiger partial charge in [0.1, 0.15) is 18.1 Å². The second-order valence-corrected chi connectivity index (χ2v) is 8.14. The molecule has 3 amide bonds. The van der Waals surface area contributed by atoms with Crippen molar-refractivity contribution in [3.8, 4) is 0 Å². The van der Waals surface area contributed by atoms with Gasteiger partial charge in [-0.2, -0.15) is 0 Å². The SMILES string of the molecule is CC(C)CC(N)C(=O)NC(C)C(=O)NC(CCCCN)C(=O)NC(CCC(=O)O)C(=O)O. The molecule has 0 aromatic heterocycles. The maximum Gasteiger partial charge on any atom is 0.326 e. The molecule has 0 aromatic carbocycles. The van der Waals surface area contributed by atoms with Gasteiger partial charge >= 0.3 is 11.9 Å². The largest absolute Gasteiger partial charge is 0.481 e. The van der Waals surface area contributed by atoms with E-state index < -0.39 is 60.2 Å². The molecule has 184 valence electrons. The van der Waals surface area contributed by atoms with Gasteiger partial charge in [-0.05, 0) is 51.5 Å². The summed E-state index contributed by atoms with van der Waals surface area (Å²) in [6.45, 7) is 5.64. The number of hydrogen-bond acceptors (Lipinski definition) is 7. The highest BCUT2D eigenvalue weighted by Crippen LogP contribution is 2.06. The van der Waals surface area contributed by atoms with E-state index in [1.165, 1.54) is 6.92 Å². The number of carboxylic acid groups (broad SMARTS) is 2. The Balaban J connectivity index is 5.13. The van der Waals surface area contributed by atoms with Crippen LogP contribution in [0, 0.1) is 5.92 Å². The third-order valence-corrected chi connectivity index (χ3v) is 4.66. The Morgan fingerprint density at radius 1 is 0.812 bits per heavy atom. The molecule has 12 nitrogen and oxygen atoms in total. The van der Waals surface area contributed by atoms with E-state index in [-0.39, 0.29) is 18.8 Å². The lowest BCUT2D eigenvalue weighted by atomic mass is 10.0. The van der Waals surface area contributed by atoms with Gasteiger partial charge in [0.05, 0.1) is 6.04 Å². The van der Waals surface area contributed by atoms with E-state index in [9.17, 15) is 29.1 Å². The van der Waals surface area contributed by atoms with Crippen molar-refractivity contribution < 1.29 is 34.2 Å². The number of unbranched alkanes of at least 4 members (excludes halogenated alkanes) is 1. The van der Waals surface area contributed by atoms with Gasteiger partial charge in [0.15, 0.2) is 0 Å². The Morgan fingerprint density at radius 3 is 1.91 bits per heavy atom. The van der Waals surface area contributed by atoms with Gasteiger partial charge in [-0.15, -0.1) is 0 Å². The van der Waals surface area contributed by atoms with Crippen molar-refractivity contribution in [2.24, 2.45) is 17.4 Å². The Bertz CT molecular complexity index is 656. The lowest BCUT2D eigenvalue weighted by molar-refractivity contribution is -0.143. The topological polar surface area (TPSA) is 214 Å². The molecule has 0 radical (unpaired) electrons. The second kappa shape index (κ2) is 15.1. The molecule has 0 aliphatic carbocycles. The van der Waals surface area contributed by atoms with E-state index in [1.54, 1.807) is 0 Å². The highest BCUT2D eigenvalue weighted by atomic mass is 16.4. The Kier molecular flexibility index (Phi) is 13.8. The summed E-state index contributed by atoms with van der Waals surface area (Å²) in [7, 11) is 0. The number of nitrogens with two attached hydrogens (primary N) is 2. The predicted molar refractivity (Wildman–Crippen MR) is 116 cm³/mol. The molecule has 12 heteroatoms. The number of carbonyl (C=O) groups is 5. The molecule has 0 fully saturated rings. The first kappa shape index (κ1) is 29.3. The van der Waals surface area contributed by atoms with Crippen molar-refractivity contribution in [1.29, 1.82) is 0 Å². The van der Waals surface area contributed by atoms with Gasteiger partial charge in [-0.1, -0.05) is 13.8 Å². The average molecular weight is 460 g/mol. The van der Waals surface area contributed by atoms with Crippen LogP contribution in [0.15, 0.2) is 0 Å². The smallest absolute Gasteiger partial charge is 0.326 e. The van der Waals surface area contributed by atoms with Crippen LogP contribution in [0.5, 0.6) is 0 Å². The summed E-state index contributed by atoms with van der Waals surface area (Å²) >= 11 is 0.